The van der Waals surface area contributed by atoms with Gasteiger partial charge in [-0.05, 0) is 12.5 Å². The van der Waals surface area contributed by atoms with E-state index in [-0.39, 0.29) is 0 Å². The summed E-state index contributed by atoms with van der Waals surface area (Å²) in [4.78, 5) is 0. The molecule has 1 radical (unpaired) electrons. The summed E-state index contributed by atoms with van der Waals surface area (Å²) in [6.45, 7) is 6.56. The SMILES string of the molecule is CCC1C[N]CCNC1. The standard InChI is InChI=1S/C7H15N2/c1-2-7-5-8-3-4-9-6-7/h7-8H,2-6H2,1H3. The summed E-state index contributed by atoms with van der Waals surface area (Å²) in [6, 6.07) is 0. The van der Waals surface area contributed by atoms with E-state index in [1.54, 1.807) is 0 Å². The van der Waals surface area contributed by atoms with Crippen molar-refractivity contribution in [3.63, 3.8) is 0 Å². The Labute approximate surface area is 57.0 Å². The molecule has 0 spiro atoms. The van der Waals surface area contributed by atoms with Gasteiger partial charge < -0.3 is 5.32 Å². The van der Waals surface area contributed by atoms with Crippen LogP contribution >= 0.6 is 0 Å². The van der Waals surface area contributed by atoms with Gasteiger partial charge in [-0.15, -0.1) is 0 Å². The van der Waals surface area contributed by atoms with Gasteiger partial charge >= 0.3 is 0 Å². The van der Waals surface area contributed by atoms with Gasteiger partial charge in [0.25, 0.3) is 0 Å². The van der Waals surface area contributed by atoms with E-state index in [0.29, 0.717) is 0 Å². The molecule has 1 rings (SSSR count). The van der Waals surface area contributed by atoms with Crippen LogP contribution in [0.3, 0.4) is 0 Å². The van der Waals surface area contributed by atoms with E-state index >= 15 is 0 Å². The maximum absolute atomic E-state index is 4.36. The zero-order valence-electron chi connectivity index (χ0n) is 6.06. The van der Waals surface area contributed by atoms with Crippen molar-refractivity contribution in [3.8, 4) is 0 Å². The van der Waals surface area contributed by atoms with Crippen LogP contribution in [0.5, 0.6) is 0 Å². The summed E-state index contributed by atoms with van der Waals surface area (Å²) in [5.74, 6) is 0.799. The summed E-state index contributed by atoms with van der Waals surface area (Å²) in [5.41, 5.74) is 0. The Kier molecular flexibility index (Phi) is 3.01. The third kappa shape index (κ3) is 2.33. The topological polar surface area (TPSA) is 26.1 Å². The fourth-order valence-electron chi connectivity index (χ4n) is 1.08. The Hall–Kier alpha value is -0.0800. The van der Waals surface area contributed by atoms with E-state index < -0.39 is 0 Å². The van der Waals surface area contributed by atoms with Gasteiger partial charge in [0, 0.05) is 19.6 Å². The number of hydrogen-bond donors (Lipinski definition) is 1. The van der Waals surface area contributed by atoms with Crippen LogP contribution in [0.15, 0.2) is 0 Å². The van der Waals surface area contributed by atoms with Gasteiger partial charge in [-0.1, -0.05) is 13.3 Å². The second kappa shape index (κ2) is 3.85. The molecule has 0 saturated carbocycles. The van der Waals surface area contributed by atoms with E-state index in [4.69, 9.17) is 0 Å². The molecule has 0 aromatic rings. The van der Waals surface area contributed by atoms with Crippen molar-refractivity contribution in [2.45, 2.75) is 13.3 Å². The van der Waals surface area contributed by atoms with E-state index in [1.165, 1.54) is 13.0 Å². The molecule has 1 atom stereocenters. The van der Waals surface area contributed by atoms with Crippen LogP contribution in [-0.2, 0) is 0 Å². The van der Waals surface area contributed by atoms with Crippen LogP contribution in [-0.4, -0.2) is 26.2 Å². The molecule has 1 fully saturated rings. The van der Waals surface area contributed by atoms with Gasteiger partial charge in [0.05, 0.1) is 0 Å². The summed E-state index contributed by atoms with van der Waals surface area (Å²) in [7, 11) is 0. The highest BCUT2D eigenvalue weighted by molar-refractivity contribution is 4.67. The highest BCUT2D eigenvalue weighted by Crippen LogP contribution is 2.00. The molecule has 53 valence electrons. The number of rotatable bonds is 1. The Balaban J connectivity index is 2.18. The minimum Gasteiger partial charge on any atom is -0.315 e. The van der Waals surface area contributed by atoms with Crippen LogP contribution < -0.4 is 10.6 Å². The number of nitrogens with one attached hydrogen (secondary N) is 1. The zero-order valence-corrected chi connectivity index (χ0v) is 6.06. The molecular formula is C7H15N2. The molecule has 9 heavy (non-hydrogen) atoms. The largest absolute Gasteiger partial charge is 0.315 e. The molecule has 1 aliphatic heterocycles. The van der Waals surface area contributed by atoms with Crippen molar-refractivity contribution in [1.82, 2.24) is 10.6 Å². The molecule has 1 aliphatic rings. The average Bonchev–Trinajstić information content (AvgIpc) is 2.13. The fourth-order valence-corrected chi connectivity index (χ4v) is 1.08. The molecule has 0 aliphatic carbocycles. The molecule has 1 unspecified atom stereocenters. The van der Waals surface area contributed by atoms with Gasteiger partial charge in [-0.2, -0.15) is 0 Å². The Bertz CT molecular complexity index is 65.3. The van der Waals surface area contributed by atoms with Crippen molar-refractivity contribution < 1.29 is 0 Å². The molecule has 1 N–H and O–H groups in total. The lowest BCUT2D eigenvalue weighted by Gasteiger charge is -2.08. The molecular weight excluding hydrogens is 112 g/mol. The van der Waals surface area contributed by atoms with Crippen molar-refractivity contribution in [1.29, 1.82) is 0 Å². The van der Waals surface area contributed by atoms with Crippen LogP contribution in [0, 0.1) is 5.92 Å². The smallest absolute Gasteiger partial charge is 0.0258 e. The lowest BCUT2D eigenvalue weighted by Crippen LogP contribution is -2.22. The molecule has 0 aromatic carbocycles. The number of nitrogens with zero attached hydrogens (tertiary/aromatic N) is 1. The first-order valence-corrected chi connectivity index (χ1v) is 3.77. The Morgan fingerprint density at radius 2 is 2.56 bits per heavy atom. The first-order valence-electron chi connectivity index (χ1n) is 3.77. The Morgan fingerprint density at radius 3 is 3.33 bits per heavy atom. The molecule has 0 aromatic heterocycles. The molecule has 0 bridgehead atoms. The molecule has 1 saturated heterocycles. The minimum atomic E-state index is 0.799. The van der Waals surface area contributed by atoms with Crippen molar-refractivity contribution in [2.75, 3.05) is 26.2 Å². The van der Waals surface area contributed by atoms with Crippen LogP contribution in [0.25, 0.3) is 0 Å². The molecule has 1 heterocycles. The molecule has 2 heteroatoms. The predicted molar refractivity (Wildman–Crippen MR) is 38.5 cm³/mol. The lowest BCUT2D eigenvalue weighted by atomic mass is 10.1. The first kappa shape index (κ1) is 7.03. The van der Waals surface area contributed by atoms with Gasteiger partial charge in [0.2, 0.25) is 0 Å². The summed E-state index contributed by atoms with van der Waals surface area (Å²) in [6.07, 6.45) is 1.26. The van der Waals surface area contributed by atoms with E-state index in [1.807, 2.05) is 0 Å². The second-order valence-electron chi connectivity index (χ2n) is 2.61. The quantitative estimate of drug-likeness (QED) is 0.536. The van der Waals surface area contributed by atoms with Crippen LogP contribution in [0.2, 0.25) is 0 Å². The summed E-state index contributed by atoms with van der Waals surface area (Å²) < 4.78 is 0. The average molecular weight is 127 g/mol. The summed E-state index contributed by atoms with van der Waals surface area (Å²) in [5, 5.41) is 7.72. The highest BCUT2D eigenvalue weighted by atomic mass is 15.0. The third-order valence-electron chi connectivity index (χ3n) is 1.84. The predicted octanol–water partition coefficient (Wildman–Crippen LogP) is 0.220. The molecule has 0 amide bonds. The lowest BCUT2D eigenvalue weighted by molar-refractivity contribution is 0.482. The third-order valence-corrected chi connectivity index (χ3v) is 1.84. The van der Waals surface area contributed by atoms with Gasteiger partial charge in [0.15, 0.2) is 0 Å². The highest BCUT2D eigenvalue weighted by Gasteiger charge is 2.08. The van der Waals surface area contributed by atoms with E-state index in [9.17, 15) is 0 Å². The van der Waals surface area contributed by atoms with Crippen molar-refractivity contribution in [3.05, 3.63) is 0 Å². The van der Waals surface area contributed by atoms with Crippen molar-refractivity contribution in [2.24, 2.45) is 5.92 Å². The van der Waals surface area contributed by atoms with Crippen LogP contribution in [0.4, 0.5) is 0 Å². The summed E-state index contributed by atoms with van der Waals surface area (Å²) >= 11 is 0. The normalized spacial score (nSPS) is 23.7. The maximum atomic E-state index is 4.36. The molecule has 2 nitrogen and oxygen atoms in total. The fraction of sp³-hybridized carbons (Fsp3) is 1.00. The number of hydrogen-bond acceptors (Lipinski definition) is 1. The minimum absolute atomic E-state index is 0.799. The zero-order chi connectivity index (χ0) is 6.53. The van der Waals surface area contributed by atoms with Crippen molar-refractivity contribution >= 4 is 0 Å². The maximum Gasteiger partial charge on any atom is 0.0258 e. The first-order chi connectivity index (χ1) is 4.43. The second-order valence-corrected chi connectivity index (χ2v) is 2.61. The van der Waals surface area contributed by atoms with Gasteiger partial charge in [-0.25, -0.2) is 5.32 Å². The van der Waals surface area contributed by atoms with Gasteiger partial charge in [0.1, 0.15) is 0 Å². The van der Waals surface area contributed by atoms with Crippen LogP contribution in [0.1, 0.15) is 13.3 Å². The monoisotopic (exact) mass is 127 g/mol. The van der Waals surface area contributed by atoms with E-state index in [0.717, 1.165) is 25.6 Å². The Morgan fingerprint density at radius 1 is 1.67 bits per heavy atom. The van der Waals surface area contributed by atoms with Gasteiger partial charge in [-0.3, -0.25) is 0 Å². The van der Waals surface area contributed by atoms with E-state index in [2.05, 4.69) is 17.6 Å².